The Bertz CT molecular complexity index is 1450. The topological polar surface area (TPSA) is 106 Å². The summed E-state index contributed by atoms with van der Waals surface area (Å²) in [7, 11) is 0. The van der Waals surface area contributed by atoms with Gasteiger partial charge in [-0.05, 0) is 64.5 Å². The largest absolute Gasteiger partial charge is 0.468 e. The normalized spacial score (nSPS) is 12.7. The van der Waals surface area contributed by atoms with Gasteiger partial charge in [-0.3, -0.25) is 9.69 Å². The molecule has 1 N–H and O–H groups in total. The number of furan rings is 2. The van der Waals surface area contributed by atoms with Gasteiger partial charge in [0.15, 0.2) is 5.82 Å². The molecule has 0 amide bonds. The molecule has 0 bridgehead atoms. The second-order valence-corrected chi connectivity index (χ2v) is 9.11. The third-order valence-corrected chi connectivity index (χ3v) is 6.21. The summed E-state index contributed by atoms with van der Waals surface area (Å²) < 4.78 is 13.0. The third kappa shape index (κ3) is 4.81. The zero-order valence-corrected chi connectivity index (χ0v) is 20.0. The first-order valence-electron chi connectivity index (χ1n) is 11.7. The zero-order valence-electron chi connectivity index (χ0n) is 20.0. The Hall–Kier alpha value is -3.98. The van der Waals surface area contributed by atoms with E-state index in [2.05, 4.69) is 39.3 Å². The molecule has 0 aliphatic rings. The number of fused-ring (bicyclic) bond motifs is 1. The van der Waals surface area contributed by atoms with Crippen molar-refractivity contribution in [2.45, 2.75) is 46.4 Å². The van der Waals surface area contributed by atoms with Gasteiger partial charge in [0.25, 0.3) is 5.56 Å². The van der Waals surface area contributed by atoms with Gasteiger partial charge in [0.2, 0.25) is 0 Å². The van der Waals surface area contributed by atoms with Gasteiger partial charge in [0.05, 0.1) is 30.6 Å². The lowest BCUT2D eigenvalue weighted by atomic mass is 10.00. The number of para-hydroxylation sites is 1. The molecule has 0 fully saturated rings. The predicted molar refractivity (Wildman–Crippen MR) is 130 cm³/mol. The van der Waals surface area contributed by atoms with Gasteiger partial charge in [-0.25, -0.2) is 4.68 Å². The van der Waals surface area contributed by atoms with Gasteiger partial charge in [-0.2, -0.15) is 0 Å². The Kier molecular flexibility index (Phi) is 6.33. The van der Waals surface area contributed by atoms with Crippen LogP contribution in [0.1, 0.15) is 48.4 Å². The molecule has 5 rings (SSSR count). The fourth-order valence-electron chi connectivity index (χ4n) is 4.59. The van der Waals surface area contributed by atoms with E-state index in [-0.39, 0.29) is 17.5 Å². The molecule has 0 radical (unpaired) electrons. The average molecular weight is 473 g/mol. The van der Waals surface area contributed by atoms with Crippen molar-refractivity contribution >= 4 is 10.9 Å². The molecule has 1 aromatic carbocycles. The molecule has 0 aliphatic carbocycles. The number of tetrazole rings is 1. The molecule has 35 heavy (non-hydrogen) atoms. The first-order valence-corrected chi connectivity index (χ1v) is 11.7. The maximum absolute atomic E-state index is 13.1. The Morgan fingerprint density at radius 1 is 1.03 bits per heavy atom. The molecule has 9 nitrogen and oxygen atoms in total. The number of aromatic amines is 1. The van der Waals surface area contributed by atoms with E-state index in [9.17, 15) is 4.79 Å². The third-order valence-electron chi connectivity index (χ3n) is 6.21. The van der Waals surface area contributed by atoms with E-state index in [0.717, 1.165) is 28.0 Å². The summed E-state index contributed by atoms with van der Waals surface area (Å²) in [5, 5.41) is 13.6. The van der Waals surface area contributed by atoms with Crippen LogP contribution >= 0.6 is 0 Å². The van der Waals surface area contributed by atoms with Gasteiger partial charge in [0, 0.05) is 12.1 Å². The second kappa shape index (κ2) is 9.71. The Morgan fingerprint density at radius 3 is 2.51 bits per heavy atom. The predicted octanol–water partition coefficient (Wildman–Crippen LogP) is 4.46. The smallest absolute Gasteiger partial charge is 0.252 e. The van der Waals surface area contributed by atoms with E-state index in [1.165, 1.54) is 0 Å². The van der Waals surface area contributed by atoms with Crippen LogP contribution in [0.25, 0.3) is 10.9 Å². The number of rotatable bonds is 9. The number of nitrogens with one attached hydrogen (secondary N) is 1. The molecule has 0 aliphatic heterocycles. The van der Waals surface area contributed by atoms with Crippen LogP contribution in [0.3, 0.4) is 0 Å². The average Bonchev–Trinajstić information content (AvgIpc) is 3.60. The van der Waals surface area contributed by atoms with E-state index < -0.39 is 0 Å². The van der Waals surface area contributed by atoms with Crippen molar-refractivity contribution in [3.63, 3.8) is 0 Å². The summed E-state index contributed by atoms with van der Waals surface area (Å²) in [5.74, 6) is 2.41. The number of H-pyrrole nitrogens is 1. The maximum atomic E-state index is 13.1. The first-order chi connectivity index (χ1) is 17.0. The fourth-order valence-corrected chi connectivity index (χ4v) is 4.59. The highest BCUT2D eigenvalue weighted by Gasteiger charge is 2.31. The van der Waals surface area contributed by atoms with Gasteiger partial charge in [-0.15, -0.1) is 5.10 Å². The van der Waals surface area contributed by atoms with E-state index >= 15 is 0 Å². The molecule has 0 unspecified atom stereocenters. The van der Waals surface area contributed by atoms with E-state index in [0.29, 0.717) is 31.0 Å². The lowest BCUT2D eigenvalue weighted by Gasteiger charge is -2.32. The van der Waals surface area contributed by atoms with Crippen molar-refractivity contribution < 1.29 is 8.83 Å². The Balaban J connectivity index is 1.54. The summed E-state index contributed by atoms with van der Waals surface area (Å²) in [6.45, 7) is 7.56. The molecule has 4 heterocycles. The van der Waals surface area contributed by atoms with Crippen LogP contribution in [0.4, 0.5) is 0 Å². The van der Waals surface area contributed by atoms with Crippen molar-refractivity contribution in [2.75, 3.05) is 0 Å². The number of benzene rings is 1. The number of hydrogen-bond acceptors (Lipinski definition) is 7. The summed E-state index contributed by atoms with van der Waals surface area (Å²) in [6.07, 6.45) is 3.29. The van der Waals surface area contributed by atoms with Gasteiger partial charge >= 0.3 is 0 Å². The van der Waals surface area contributed by atoms with Gasteiger partial charge in [0.1, 0.15) is 18.1 Å². The first kappa shape index (κ1) is 22.8. The lowest BCUT2D eigenvalue weighted by Crippen LogP contribution is -2.35. The minimum atomic E-state index is -0.183. The number of hydrogen-bond donors (Lipinski definition) is 1. The molecule has 180 valence electrons. The molecular formula is C26H28N6O3. The number of aromatic nitrogens is 5. The van der Waals surface area contributed by atoms with Crippen molar-refractivity contribution in [2.24, 2.45) is 5.92 Å². The quantitative estimate of drug-likeness (QED) is 0.338. The van der Waals surface area contributed by atoms with Crippen LogP contribution in [0.2, 0.25) is 0 Å². The van der Waals surface area contributed by atoms with Crippen molar-refractivity contribution in [3.8, 4) is 0 Å². The molecule has 9 heteroatoms. The summed E-state index contributed by atoms with van der Waals surface area (Å²) in [5.41, 5.74) is 2.47. The van der Waals surface area contributed by atoms with Crippen LogP contribution in [0, 0.1) is 12.8 Å². The molecular weight excluding hydrogens is 444 g/mol. The fraction of sp³-hybridized carbons (Fsp3) is 0.308. The highest BCUT2D eigenvalue weighted by atomic mass is 16.3. The van der Waals surface area contributed by atoms with Crippen LogP contribution < -0.4 is 5.56 Å². The number of nitrogens with zero attached hydrogens (tertiary/aromatic N) is 5. The molecule has 4 aromatic heterocycles. The Morgan fingerprint density at radius 2 is 1.80 bits per heavy atom. The van der Waals surface area contributed by atoms with Crippen molar-refractivity contribution in [3.05, 3.63) is 99.9 Å². The van der Waals surface area contributed by atoms with E-state index in [1.807, 2.05) is 55.5 Å². The molecule has 0 saturated carbocycles. The molecule has 5 aromatic rings. The van der Waals surface area contributed by atoms with E-state index in [1.54, 1.807) is 17.2 Å². The zero-order chi connectivity index (χ0) is 24.4. The van der Waals surface area contributed by atoms with Crippen molar-refractivity contribution in [1.82, 2.24) is 30.1 Å². The second-order valence-electron chi connectivity index (χ2n) is 9.11. The number of aryl methyl sites for hydroxylation is 1. The van der Waals surface area contributed by atoms with Crippen molar-refractivity contribution in [1.29, 1.82) is 0 Å². The SMILES string of the molecule is Cc1cccc2cc(CN(Cc3ccco3)[C@@H](c3nnnn3Cc3ccco3)C(C)C)c(=O)[nH]c12. The summed E-state index contributed by atoms with van der Waals surface area (Å²) in [4.78, 5) is 18.4. The monoisotopic (exact) mass is 472 g/mol. The number of pyridine rings is 1. The van der Waals surface area contributed by atoms with E-state index in [4.69, 9.17) is 8.83 Å². The molecule has 0 saturated heterocycles. The summed E-state index contributed by atoms with van der Waals surface area (Å²) in [6, 6.07) is 15.3. The maximum Gasteiger partial charge on any atom is 0.252 e. The van der Waals surface area contributed by atoms with Gasteiger partial charge in [-0.1, -0.05) is 32.0 Å². The van der Waals surface area contributed by atoms with Crippen LogP contribution in [0.15, 0.2) is 74.7 Å². The summed E-state index contributed by atoms with van der Waals surface area (Å²) >= 11 is 0. The minimum Gasteiger partial charge on any atom is -0.468 e. The van der Waals surface area contributed by atoms with Crippen LogP contribution in [-0.2, 0) is 19.6 Å². The highest BCUT2D eigenvalue weighted by Crippen LogP contribution is 2.30. The Labute approximate surface area is 202 Å². The standard InChI is InChI=1S/C26H28N6O3/c1-17(2)24(25-28-29-30-32(25)16-22-10-6-12-35-22)31(15-21-9-5-11-34-21)14-20-13-19-8-4-7-18(3)23(19)27-26(20)33/h4-13,17,24H,14-16H2,1-3H3,(H,27,33)/t24-/m1/s1. The molecule has 1 atom stereocenters. The van der Waals surface area contributed by atoms with Gasteiger partial charge < -0.3 is 13.8 Å². The van der Waals surface area contributed by atoms with Crippen LogP contribution in [-0.4, -0.2) is 30.1 Å². The minimum absolute atomic E-state index is 0.103. The lowest BCUT2D eigenvalue weighted by molar-refractivity contribution is 0.116. The molecule has 0 spiro atoms. The highest BCUT2D eigenvalue weighted by molar-refractivity contribution is 5.81. The van der Waals surface area contributed by atoms with Crippen LogP contribution in [0.5, 0.6) is 0 Å².